The Balaban J connectivity index is 2.30. The number of pyridine rings is 1. The van der Waals surface area contributed by atoms with Crippen LogP contribution in [0.1, 0.15) is 30.9 Å². The van der Waals surface area contributed by atoms with Crippen molar-refractivity contribution in [1.29, 1.82) is 5.26 Å². The summed E-state index contributed by atoms with van der Waals surface area (Å²) in [5.74, 6) is 1.04. The molecular formula is C23H23N3O. The van der Waals surface area contributed by atoms with Crippen LogP contribution in [0.2, 0.25) is 0 Å². The van der Waals surface area contributed by atoms with Gasteiger partial charge < -0.3 is 10.5 Å². The van der Waals surface area contributed by atoms with Gasteiger partial charge in [-0.3, -0.25) is 0 Å². The number of nitriles is 1. The van der Waals surface area contributed by atoms with Gasteiger partial charge in [-0.25, -0.2) is 4.98 Å². The number of unbranched alkanes of at least 4 members (excludes halogenated alkanes) is 1. The van der Waals surface area contributed by atoms with Crippen molar-refractivity contribution in [3.05, 3.63) is 65.7 Å². The molecule has 136 valence electrons. The van der Waals surface area contributed by atoms with Gasteiger partial charge in [0.15, 0.2) is 0 Å². The zero-order valence-electron chi connectivity index (χ0n) is 15.7. The van der Waals surface area contributed by atoms with E-state index in [9.17, 15) is 5.26 Å². The molecule has 0 atom stereocenters. The van der Waals surface area contributed by atoms with Crippen LogP contribution in [0.4, 0.5) is 5.82 Å². The number of anilines is 1. The molecule has 1 heterocycles. The number of aromatic nitrogens is 1. The van der Waals surface area contributed by atoms with Gasteiger partial charge >= 0.3 is 0 Å². The molecule has 3 rings (SSSR count). The van der Waals surface area contributed by atoms with Crippen molar-refractivity contribution in [2.45, 2.75) is 26.2 Å². The maximum atomic E-state index is 9.78. The zero-order valence-corrected chi connectivity index (χ0v) is 15.7. The Morgan fingerprint density at radius 3 is 2.33 bits per heavy atom. The summed E-state index contributed by atoms with van der Waals surface area (Å²) in [5.41, 5.74) is 11.4. The SMILES string of the molecule is CCCCc1c(-c2ccccc2)nc(N)c(C#N)c1-c1ccc(OC)cc1. The third-order valence-electron chi connectivity index (χ3n) is 4.64. The van der Waals surface area contributed by atoms with Crippen LogP contribution in [0.5, 0.6) is 5.75 Å². The van der Waals surface area contributed by atoms with Crippen LogP contribution in [-0.4, -0.2) is 12.1 Å². The number of rotatable bonds is 6. The lowest BCUT2D eigenvalue weighted by Gasteiger charge is -2.18. The van der Waals surface area contributed by atoms with E-state index in [2.05, 4.69) is 18.0 Å². The van der Waals surface area contributed by atoms with E-state index >= 15 is 0 Å². The van der Waals surface area contributed by atoms with Crippen LogP contribution < -0.4 is 10.5 Å². The maximum absolute atomic E-state index is 9.78. The van der Waals surface area contributed by atoms with E-state index in [4.69, 9.17) is 10.5 Å². The lowest BCUT2D eigenvalue weighted by atomic mass is 9.89. The molecule has 0 spiro atoms. The number of hydrogen-bond donors (Lipinski definition) is 1. The molecule has 0 fully saturated rings. The van der Waals surface area contributed by atoms with E-state index in [0.29, 0.717) is 5.56 Å². The zero-order chi connectivity index (χ0) is 19.2. The first kappa shape index (κ1) is 18.5. The second-order valence-electron chi connectivity index (χ2n) is 6.38. The predicted octanol–water partition coefficient (Wildman–Crippen LogP) is 5.22. The Bertz CT molecular complexity index is 958. The van der Waals surface area contributed by atoms with E-state index in [1.165, 1.54) is 0 Å². The molecule has 0 saturated carbocycles. The first-order chi connectivity index (χ1) is 13.2. The fourth-order valence-electron chi connectivity index (χ4n) is 3.26. The molecule has 27 heavy (non-hydrogen) atoms. The van der Waals surface area contributed by atoms with Crippen LogP contribution in [0.3, 0.4) is 0 Å². The molecule has 4 heteroatoms. The molecule has 0 bridgehead atoms. The van der Waals surface area contributed by atoms with Crippen molar-refractivity contribution in [1.82, 2.24) is 4.98 Å². The molecule has 0 saturated heterocycles. The molecule has 2 N–H and O–H groups in total. The third kappa shape index (κ3) is 3.78. The molecule has 2 aromatic carbocycles. The predicted molar refractivity (Wildman–Crippen MR) is 109 cm³/mol. The standard InChI is InChI=1S/C23H23N3O/c1-3-4-10-19-21(16-11-13-18(27-2)14-12-16)20(15-24)23(25)26-22(19)17-8-6-5-7-9-17/h5-9,11-14H,3-4,10H2,1-2H3,(H2,25,26). The number of methoxy groups -OCH3 is 1. The van der Waals surface area contributed by atoms with E-state index in [1.54, 1.807) is 7.11 Å². The fraction of sp³-hybridized carbons (Fsp3) is 0.217. The highest BCUT2D eigenvalue weighted by molar-refractivity contribution is 5.84. The fourth-order valence-corrected chi connectivity index (χ4v) is 3.26. The average Bonchev–Trinajstić information content (AvgIpc) is 2.72. The number of nitrogens with zero attached hydrogens (tertiary/aromatic N) is 2. The highest BCUT2D eigenvalue weighted by Crippen LogP contribution is 2.37. The van der Waals surface area contributed by atoms with Crippen LogP contribution >= 0.6 is 0 Å². The Kier molecular flexibility index (Phi) is 5.73. The van der Waals surface area contributed by atoms with Gasteiger partial charge in [0, 0.05) is 11.1 Å². The monoisotopic (exact) mass is 357 g/mol. The Labute approximate surface area is 160 Å². The second-order valence-corrected chi connectivity index (χ2v) is 6.38. The Hall–Kier alpha value is -3.32. The van der Waals surface area contributed by atoms with Crippen LogP contribution in [0.15, 0.2) is 54.6 Å². The summed E-state index contributed by atoms with van der Waals surface area (Å²) in [7, 11) is 1.64. The molecule has 1 aromatic heterocycles. The van der Waals surface area contributed by atoms with Crippen molar-refractivity contribution < 1.29 is 4.74 Å². The smallest absolute Gasteiger partial charge is 0.142 e. The van der Waals surface area contributed by atoms with E-state index in [1.807, 2.05) is 54.6 Å². The van der Waals surface area contributed by atoms with Gasteiger partial charge in [-0.15, -0.1) is 0 Å². The van der Waals surface area contributed by atoms with Crippen molar-refractivity contribution in [3.8, 4) is 34.2 Å². The molecular weight excluding hydrogens is 334 g/mol. The molecule has 0 amide bonds. The van der Waals surface area contributed by atoms with E-state index in [-0.39, 0.29) is 5.82 Å². The first-order valence-electron chi connectivity index (χ1n) is 9.11. The van der Waals surface area contributed by atoms with Gasteiger partial charge in [-0.05, 0) is 36.1 Å². The highest BCUT2D eigenvalue weighted by Gasteiger charge is 2.20. The molecule has 0 aliphatic carbocycles. The summed E-state index contributed by atoms with van der Waals surface area (Å²) in [6.45, 7) is 2.16. The number of hydrogen-bond acceptors (Lipinski definition) is 4. The lowest BCUT2D eigenvalue weighted by molar-refractivity contribution is 0.415. The summed E-state index contributed by atoms with van der Waals surface area (Å²) < 4.78 is 5.27. The number of ether oxygens (including phenoxy) is 1. The minimum atomic E-state index is 0.266. The number of benzene rings is 2. The summed E-state index contributed by atoms with van der Waals surface area (Å²) in [5, 5.41) is 9.78. The average molecular weight is 357 g/mol. The molecule has 0 aliphatic rings. The van der Waals surface area contributed by atoms with Gasteiger partial charge in [-0.1, -0.05) is 55.8 Å². The van der Waals surface area contributed by atoms with Gasteiger partial charge in [0.2, 0.25) is 0 Å². The normalized spacial score (nSPS) is 10.4. The van der Waals surface area contributed by atoms with Gasteiger partial charge in [-0.2, -0.15) is 5.26 Å². The van der Waals surface area contributed by atoms with Crippen LogP contribution in [0, 0.1) is 11.3 Å². The summed E-state index contributed by atoms with van der Waals surface area (Å²) in [6, 6.07) is 20.0. The van der Waals surface area contributed by atoms with E-state index < -0.39 is 0 Å². The van der Waals surface area contributed by atoms with E-state index in [0.717, 1.165) is 53.0 Å². The Morgan fingerprint density at radius 1 is 1.04 bits per heavy atom. The largest absolute Gasteiger partial charge is 0.497 e. The molecule has 0 unspecified atom stereocenters. The van der Waals surface area contributed by atoms with Gasteiger partial charge in [0.25, 0.3) is 0 Å². The molecule has 3 aromatic rings. The Morgan fingerprint density at radius 2 is 1.74 bits per heavy atom. The summed E-state index contributed by atoms with van der Waals surface area (Å²) >= 11 is 0. The first-order valence-corrected chi connectivity index (χ1v) is 9.11. The topological polar surface area (TPSA) is 71.9 Å². The van der Waals surface area contributed by atoms with Crippen molar-refractivity contribution >= 4 is 5.82 Å². The van der Waals surface area contributed by atoms with Crippen molar-refractivity contribution in [3.63, 3.8) is 0 Å². The summed E-state index contributed by atoms with van der Waals surface area (Å²) in [4.78, 5) is 4.62. The van der Waals surface area contributed by atoms with Crippen LogP contribution in [0.25, 0.3) is 22.4 Å². The molecule has 0 radical (unpaired) electrons. The molecule has 4 nitrogen and oxygen atoms in total. The number of nitrogen functional groups attached to an aromatic ring is 1. The highest BCUT2D eigenvalue weighted by atomic mass is 16.5. The quantitative estimate of drug-likeness (QED) is 0.656. The molecule has 0 aliphatic heterocycles. The minimum absolute atomic E-state index is 0.266. The van der Waals surface area contributed by atoms with Gasteiger partial charge in [0.1, 0.15) is 23.2 Å². The lowest BCUT2D eigenvalue weighted by Crippen LogP contribution is -2.06. The van der Waals surface area contributed by atoms with Crippen LogP contribution in [-0.2, 0) is 6.42 Å². The number of nitrogens with two attached hydrogens (primary N) is 1. The summed E-state index contributed by atoms with van der Waals surface area (Å²) in [6.07, 6.45) is 2.91. The minimum Gasteiger partial charge on any atom is -0.497 e. The third-order valence-corrected chi connectivity index (χ3v) is 4.64. The maximum Gasteiger partial charge on any atom is 0.142 e. The van der Waals surface area contributed by atoms with Gasteiger partial charge in [0.05, 0.1) is 12.8 Å². The van der Waals surface area contributed by atoms with Crippen molar-refractivity contribution in [2.75, 3.05) is 12.8 Å². The second kappa shape index (κ2) is 8.37. The van der Waals surface area contributed by atoms with Crippen molar-refractivity contribution in [2.24, 2.45) is 0 Å².